The van der Waals surface area contributed by atoms with Gasteiger partial charge in [0.1, 0.15) is 11.3 Å². The molecule has 1 heterocycles. The zero-order valence-electron chi connectivity index (χ0n) is 8.87. The minimum absolute atomic E-state index is 0.168. The largest absolute Gasteiger partial charge is 0.480 e. The van der Waals surface area contributed by atoms with Crippen LogP contribution in [0.15, 0.2) is 0 Å². The number of amides is 1. The molecule has 0 spiro atoms. The Morgan fingerprint density at radius 3 is 2.65 bits per heavy atom. The van der Waals surface area contributed by atoms with Crippen LogP contribution in [0.25, 0.3) is 0 Å². The Bertz CT molecular complexity index is 478. The van der Waals surface area contributed by atoms with E-state index in [0.717, 1.165) is 4.90 Å². The van der Waals surface area contributed by atoms with Gasteiger partial charge in [-0.1, -0.05) is 0 Å². The van der Waals surface area contributed by atoms with Crippen molar-refractivity contribution in [1.29, 1.82) is 0 Å². The number of aliphatic carboxylic acids is 1. The maximum absolute atomic E-state index is 11.5. The monoisotopic (exact) mass is 260 g/mol. The fraction of sp³-hybridized carbons (Fsp3) is 0.556. The Morgan fingerprint density at radius 2 is 2.29 bits per heavy atom. The van der Waals surface area contributed by atoms with Gasteiger partial charge in [0, 0.05) is 19.4 Å². The lowest BCUT2D eigenvalue weighted by Gasteiger charge is -2.22. The lowest BCUT2D eigenvalue weighted by molar-refractivity contribution is -0.148. The maximum atomic E-state index is 11.5. The zero-order chi connectivity index (χ0) is 13.2. The number of primary sulfonamides is 1. The number of sulfonamides is 1. The van der Waals surface area contributed by atoms with Crippen LogP contribution >= 0.6 is 0 Å². The number of likely N-dealkylation sites (tertiary alicyclic amines) is 1. The molecule has 2 atom stereocenters. The van der Waals surface area contributed by atoms with Crippen molar-refractivity contribution < 1.29 is 23.1 Å². The number of nitrogens with two attached hydrogens (primary N) is 1. The van der Waals surface area contributed by atoms with E-state index in [-0.39, 0.29) is 19.4 Å². The van der Waals surface area contributed by atoms with E-state index in [1.807, 2.05) is 0 Å². The van der Waals surface area contributed by atoms with Gasteiger partial charge in [-0.15, -0.1) is 12.3 Å². The summed E-state index contributed by atoms with van der Waals surface area (Å²) in [5, 5.41) is 12.8. The van der Waals surface area contributed by atoms with Crippen LogP contribution in [0.5, 0.6) is 0 Å². The Labute approximate surface area is 98.6 Å². The number of carboxylic acid groups (broad SMARTS) is 1. The molecule has 1 rings (SSSR count). The fourth-order valence-corrected chi connectivity index (χ4v) is 2.40. The Balaban J connectivity index is 2.90. The van der Waals surface area contributed by atoms with Crippen LogP contribution in [0.4, 0.5) is 0 Å². The van der Waals surface area contributed by atoms with Crippen molar-refractivity contribution in [2.24, 2.45) is 5.14 Å². The summed E-state index contributed by atoms with van der Waals surface area (Å²) >= 11 is 0. The first-order valence-corrected chi connectivity index (χ1v) is 6.35. The van der Waals surface area contributed by atoms with E-state index in [9.17, 15) is 18.0 Å². The van der Waals surface area contributed by atoms with Crippen LogP contribution in [0.3, 0.4) is 0 Å². The van der Waals surface area contributed by atoms with Gasteiger partial charge in [-0.25, -0.2) is 18.4 Å². The molecule has 0 aliphatic carbocycles. The summed E-state index contributed by atoms with van der Waals surface area (Å²) in [6.45, 7) is -0.226. The molecule has 7 nitrogen and oxygen atoms in total. The zero-order valence-corrected chi connectivity index (χ0v) is 9.68. The third-order valence-corrected chi connectivity index (χ3v) is 3.81. The molecule has 1 aliphatic heterocycles. The van der Waals surface area contributed by atoms with Crippen LogP contribution in [0, 0.1) is 12.3 Å². The molecule has 0 aromatic heterocycles. The number of rotatable bonds is 4. The molecule has 1 unspecified atom stereocenters. The van der Waals surface area contributed by atoms with Crippen molar-refractivity contribution in [3.05, 3.63) is 0 Å². The molecule has 8 heteroatoms. The molecule has 0 bridgehead atoms. The number of carbonyl (C=O) groups excluding carboxylic acids is 1. The summed E-state index contributed by atoms with van der Waals surface area (Å²) in [5.74, 6) is 0.323. The second-order valence-corrected chi connectivity index (χ2v) is 5.57. The molecule has 17 heavy (non-hydrogen) atoms. The third kappa shape index (κ3) is 2.95. The van der Waals surface area contributed by atoms with Crippen molar-refractivity contribution in [3.63, 3.8) is 0 Å². The molecular formula is C9H12N2O5S. The highest BCUT2D eigenvalue weighted by Gasteiger charge is 2.41. The van der Waals surface area contributed by atoms with Gasteiger partial charge in [-0.2, -0.15) is 0 Å². The van der Waals surface area contributed by atoms with E-state index in [1.165, 1.54) is 0 Å². The molecule has 94 valence electrons. The lowest BCUT2D eigenvalue weighted by Crippen LogP contribution is -2.43. The van der Waals surface area contributed by atoms with Gasteiger partial charge in [0.25, 0.3) is 0 Å². The van der Waals surface area contributed by atoms with E-state index in [2.05, 4.69) is 5.92 Å². The van der Waals surface area contributed by atoms with Gasteiger partial charge in [-0.3, -0.25) is 4.79 Å². The summed E-state index contributed by atoms with van der Waals surface area (Å²) in [5.41, 5.74) is 0. The summed E-state index contributed by atoms with van der Waals surface area (Å²) in [7, 11) is -3.85. The molecule has 1 fully saturated rings. The van der Waals surface area contributed by atoms with Crippen LogP contribution in [0.2, 0.25) is 0 Å². The minimum Gasteiger partial charge on any atom is -0.480 e. The molecule has 3 N–H and O–H groups in total. The average molecular weight is 260 g/mol. The molecule has 1 saturated heterocycles. The number of carboxylic acids is 1. The van der Waals surface area contributed by atoms with Crippen LogP contribution in [0.1, 0.15) is 12.8 Å². The number of terminal acetylenes is 1. The van der Waals surface area contributed by atoms with Crippen LogP contribution < -0.4 is 5.14 Å². The predicted molar refractivity (Wildman–Crippen MR) is 58.1 cm³/mol. The molecule has 0 aromatic carbocycles. The fourth-order valence-electron chi connectivity index (χ4n) is 1.66. The number of carbonyl (C=O) groups is 2. The molecule has 0 radical (unpaired) electrons. The summed E-state index contributed by atoms with van der Waals surface area (Å²) in [6, 6.07) is -1.20. The second-order valence-electron chi connectivity index (χ2n) is 3.72. The smallest absolute Gasteiger partial charge is 0.327 e. The minimum atomic E-state index is -3.85. The quantitative estimate of drug-likeness (QED) is 0.587. The van der Waals surface area contributed by atoms with Gasteiger partial charge in [-0.05, 0) is 0 Å². The highest BCUT2D eigenvalue weighted by molar-refractivity contribution is 7.89. The van der Waals surface area contributed by atoms with Gasteiger partial charge in [0.15, 0.2) is 0 Å². The lowest BCUT2D eigenvalue weighted by atomic mass is 10.2. The van der Waals surface area contributed by atoms with Crippen molar-refractivity contribution in [1.82, 2.24) is 4.90 Å². The van der Waals surface area contributed by atoms with Crippen molar-refractivity contribution in [2.45, 2.75) is 24.1 Å². The molecular weight excluding hydrogens is 248 g/mol. The third-order valence-electron chi connectivity index (χ3n) is 2.56. The number of hydrogen-bond acceptors (Lipinski definition) is 4. The predicted octanol–water partition coefficient (Wildman–Crippen LogP) is -1.65. The van der Waals surface area contributed by atoms with E-state index >= 15 is 0 Å². The summed E-state index contributed by atoms with van der Waals surface area (Å²) in [6.07, 6.45) is 4.54. The average Bonchev–Trinajstić information content (AvgIpc) is 2.55. The number of nitrogens with zero attached hydrogens (tertiary/aromatic N) is 1. The van der Waals surface area contributed by atoms with Crippen LogP contribution in [-0.2, 0) is 19.6 Å². The Morgan fingerprint density at radius 1 is 1.71 bits per heavy atom. The SMILES string of the molecule is C#CC[C@@H](C(=O)O)N1CC(S(N)(=O)=O)CC1=O. The molecule has 1 aliphatic rings. The summed E-state index contributed by atoms with van der Waals surface area (Å²) in [4.78, 5) is 23.4. The number of hydrogen-bond donors (Lipinski definition) is 2. The van der Waals surface area contributed by atoms with Gasteiger partial charge >= 0.3 is 5.97 Å². The molecule has 0 saturated carbocycles. The Kier molecular flexibility index (Phi) is 3.75. The summed E-state index contributed by atoms with van der Waals surface area (Å²) < 4.78 is 22.2. The Hall–Kier alpha value is -1.59. The molecule has 1 amide bonds. The second kappa shape index (κ2) is 4.73. The highest BCUT2D eigenvalue weighted by Crippen LogP contribution is 2.20. The normalized spacial score (nSPS) is 22.2. The van der Waals surface area contributed by atoms with Crippen LogP contribution in [-0.4, -0.2) is 48.1 Å². The van der Waals surface area contributed by atoms with Crippen molar-refractivity contribution >= 4 is 21.9 Å². The first-order chi connectivity index (χ1) is 7.77. The highest BCUT2D eigenvalue weighted by atomic mass is 32.2. The van der Waals surface area contributed by atoms with E-state index in [0.29, 0.717) is 0 Å². The van der Waals surface area contributed by atoms with Gasteiger partial charge in [0.05, 0.1) is 0 Å². The van der Waals surface area contributed by atoms with Gasteiger partial charge < -0.3 is 10.0 Å². The van der Waals surface area contributed by atoms with E-state index in [1.54, 1.807) is 0 Å². The molecule has 0 aromatic rings. The van der Waals surface area contributed by atoms with Crippen molar-refractivity contribution in [3.8, 4) is 12.3 Å². The van der Waals surface area contributed by atoms with Crippen molar-refractivity contribution in [2.75, 3.05) is 6.54 Å². The van der Waals surface area contributed by atoms with Gasteiger partial charge in [0.2, 0.25) is 15.9 Å². The standard InChI is InChI=1S/C9H12N2O5S/c1-2-3-7(9(13)14)11-5-6(4-8(11)12)17(10,15)16/h1,6-7H,3-5H2,(H,13,14)(H2,10,15,16)/t6?,7-/m0/s1. The first-order valence-electron chi connectivity index (χ1n) is 4.74. The first kappa shape index (κ1) is 13.5. The topological polar surface area (TPSA) is 118 Å². The maximum Gasteiger partial charge on any atom is 0.327 e. The van der Waals surface area contributed by atoms with E-state index < -0.39 is 33.2 Å². The van der Waals surface area contributed by atoms with E-state index in [4.69, 9.17) is 16.7 Å².